The number of fused-ring (bicyclic) bond motifs is 1. The lowest BCUT2D eigenvalue weighted by Gasteiger charge is -2.09. The minimum absolute atomic E-state index is 0.0112. The largest absolute Gasteiger partial charge is 0.506 e. The van der Waals surface area contributed by atoms with E-state index in [9.17, 15) is 26.5 Å². The Morgan fingerprint density at radius 3 is 2.32 bits per heavy atom. The van der Waals surface area contributed by atoms with Crippen LogP contribution in [-0.4, -0.2) is 42.8 Å². The highest BCUT2D eigenvalue weighted by atomic mass is 32.2. The van der Waals surface area contributed by atoms with Gasteiger partial charge in [0.05, 0.1) is 6.54 Å². The van der Waals surface area contributed by atoms with Gasteiger partial charge in [-0.1, -0.05) is 0 Å². The second kappa shape index (κ2) is 6.55. The summed E-state index contributed by atoms with van der Waals surface area (Å²) in [6.45, 7) is 0.837. The minimum atomic E-state index is -4.64. The Kier molecular flexibility index (Phi) is 4.99. The number of nitrogens with zero attached hydrogens (tertiary/aromatic N) is 2. The predicted octanol–water partition coefficient (Wildman–Crippen LogP) is 1.73. The fourth-order valence-corrected chi connectivity index (χ4v) is 2.98. The lowest BCUT2D eigenvalue weighted by molar-refractivity contribution is 0.467. The molecule has 0 heterocycles. The summed E-state index contributed by atoms with van der Waals surface area (Å²) < 4.78 is 63.0. The third-order valence-corrected chi connectivity index (χ3v) is 5.43. The molecule has 2 aromatic carbocycles. The van der Waals surface area contributed by atoms with Crippen molar-refractivity contribution in [3.05, 3.63) is 24.3 Å². The van der Waals surface area contributed by atoms with Crippen LogP contribution in [0.25, 0.3) is 10.8 Å². The normalized spacial score (nSPS) is 14.2. The van der Waals surface area contributed by atoms with Crippen molar-refractivity contribution in [3.8, 4) is 5.75 Å². The Bertz CT molecular complexity index is 1060. The Hall–Kier alpha value is -2.28. The van der Waals surface area contributed by atoms with Gasteiger partial charge in [-0.3, -0.25) is 9.11 Å². The number of nitrogens with two attached hydrogens (primary N) is 1. The maximum absolute atomic E-state index is 11.5. The quantitative estimate of drug-likeness (QED) is 0.339. The number of phenolic OH excluding ortho intramolecular Hbond substituents is 1. The molecular formula is C13H15N3O7S2. The van der Waals surface area contributed by atoms with Crippen LogP contribution < -0.4 is 5.73 Å². The molecule has 25 heavy (non-hydrogen) atoms. The first-order chi connectivity index (χ1) is 11.4. The first kappa shape index (κ1) is 19.1. The average molecular weight is 389 g/mol. The molecule has 136 valence electrons. The SMILES string of the molecule is CC(CN=Nc1c(O)cc(S(=O)(=O)O)c2cc(N)ccc12)S(=O)(=O)O. The van der Waals surface area contributed by atoms with Gasteiger partial charge in [-0.05, 0) is 25.1 Å². The Balaban J connectivity index is 2.61. The smallest absolute Gasteiger partial charge is 0.295 e. The average Bonchev–Trinajstić information content (AvgIpc) is 2.46. The number of aromatic hydroxyl groups is 1. The number of anilines is 1. The van der Waals surface area contributed by atoms with E-state index in [-0.39, 0.29) is 28.7 Å². The molecule has 10 nitrogen and oxygen atoms in total. The molecule has 1 unspecified atom stereocenters. The van der Waals surface area contributed by atoms with E-state index < -0.39 is 36.1 Å². The van der Waals surface area contributed by atoms with Gasteiger partial charge in [0.1, 0.15) is 21.6 Å². The lowest BCUT2D eigenvalue weighted by Crippen LogP contribution is -2.19. The van der Waals surface area contributed by atoms with Crippen molar-refractivity contribution in [3.63, 3.8) is 0 Å². The molecule has 0 saturated heterocycles. The molecule has 0 aliphatic rings. The van der Waals surface area contributed by atoms with E-state index in [4.69, 9.17) is 10.3 Å². The van der Waals surface area contributed by atoms with Crippen LogP contribution in [0, 0.1) is 0 Å². The second-order valence-corrected chi connectivity index (χ2v) is 8.50. The van der Waals surface area contributed by atoms with Crippen LogP contribution in [0.5, 0.6) is 5.75 Å². The van der Waals surface area contributed by atoms with Crippen LogP contribution in [0.1, 0.15) is 6.92 Å². The summed E-state index contributed by atoms with van der Waals surface area (Å²) in [4.78, 5) is -0.558. The van der Waals surface area contributed by atoms with Crippen molar-refractivity contribution < 1.29 is 31.0 Å². The van der Waals surface area contributed by atoms with E-state index in [2.05, 4.69) is 10.2 Å². The van der Waals surface area contributed by atoms with E-state index >= 15 is 0 Å². The summed E-state index contributed by atoms with van der Waals surface area (Å²) in [5.41, 5.74) is 5.70. The number of hydrogen-bond donors (Lipinski definition) is 4. The molecule has 12 heteroatoms. The van der Waals surface area contributed by atoms with E-state index in [1.807, 2.05) is 0 Å². The third kappa shape index (κ3) is 4.22. The predicted molar refractivity (Wildman–Crippen MR) is 90.2 cm³/mol. The maximum Gasteiger partial charge on any atom is 0.295 e. The first-order valence-corrected chi connectivity index (χ1v) is 9.72. The molecule has 0 aliphatic heterocycles. The van der Waals surface area contributed by atoms with Gasteiger partial charge >= 0.3 is 0 Å². The Labute approximate surface area is 143 Å². The number of rotatable bonds is 5. The number of hydrogen-bond acceptors (Lipinski definition) is 8. The maximum atomic E-state index is 11.5. The summed E-state index contributed by atoms with van der Waals surface area (Å²) in [5.74, 6) is -0.590. The van der Waals surface area contributed by atoms with E-state index in [1.165, 1.54) is 25.1 Å². The molecule has 0 fully saturated rings. The molecular weight excluding hydrogens is 374 g/mol. The topological polar surface area (TPSA) is 180 Å². The van der Waals surface area contributed by atoms with Crippen molar-refractivity contribution in [1.29, 1.82) is 0 Å². The standard InChI is InChI=1S/C13H15N3O7S2/c1-7(24(18,19)20)6-15-16-13-9-3-2-8(14)4-10(9)12(5-11(13)17)25(21,22)23/h2-5,7,17H,6,14H2,1H3,(H,18,19,20)(H,21,22,23). The van der Waals surface area contributed by atoms with Gasteiger partial charge in [-0.25, -0.2) is 0 Å². The summed E-state index contributed by atoms with van der Waals surface area (Å²) >= 11 is 0. The van der Waals surface area contributed by atoms with Gasteiger partial charge in [-0.15, -0.1) is 0 Å². The van der Waals surface area contributed by atoms with Crippen molar-refractivity contribution in [1.82, 2.24) is 0 Å². The molecule has 2 rings (SSSR count). The van der Waals surface area contributed by atoms with Gasteiger partial charge in [0.25, 0.3) is 20.2 Å². The third-order valence-electron chi connectivity index (χ3n) is 3.37. The highest BCUT2D eigenvalue weighted by Crippen LogP contribution is 2.40. The van der Waals surface area contributed by atoms with Gasteiger partial charge in [-0.2, -0.15) is 27.1 Å². The summed E-state index contributed by atoms with van der Waals surface area (Å²) in [6, 6.07) is 4.87. The molecule has 0 radical (unpaired) electrons. The molecule has 0 spiro atoms. The van der Waals surface area contributed by atoms with Crippen LogP contribution in [-0.2, 0) is 20.2 Å². The monoisotopic (exact) mass is 389 g/mol. The lowest BCUT2D eigenvalue weighted by atomic mass is 10.1. The molecule has 0 saturated carbocycles. The van der Waals surface area contributed by atoms with Crippen molar-refractivity contribution in [2.75, 3.05) is 12.3 Å². The van der Waals surface area contributed by atoms with Crippen molar-refractivity contribution >= 4 is 42.4 Å². The van der Waals surface area contributed by atoms with Crippen molar-refractivity contribution in [2.45, 2.75) is 17.1 Å². The van der Waals surface area contributed by atoms with E-state index in [0.717, 1.165) is 6.07 Å². The zero-order valence-corrected chi connectivity index (χ0v) is 14.5. The summed E-state index contributed by atoms with van der Waals surface area (Å²) in [6.07, 6.45) is 0. The van der Waals surface area contributed by atoms with Gasteiger partial charge in [0, 0.05) is 22.5 Å². The number of benzene rings is 2. The minimum Gasteiger partial charge on any atom is -0.506 e. The molecule has 5 N–H and O–H groups in total. The Morgan fingerprint density at radius 1 is 1.12 bits per heavy atom. The van der Waals surface area contributed by atoms with Crippen LogP contribution in [0.15, 0.2) is 39.4 Å². The van der Waals surface area contributed by atoms with Crippen LogP contribution in [0.2, 0.25) is 0 Å². The Morgan fingerprint density at radius 2 is 1.76 bits per heavy atom. The van der Waals surface area contributed by atoms with Gasteiger partial charge < -0.3 is 10.8 Å². The summed E-state index contributed by atoms with van der Waals surface area (Å²) in [5, 5.41) is 16.3. The zero-order chi connectivity index (χ0) is 19.0. The molecule has 2 aromatic rings. The molecule has 0 aliphatic carbocycles. The molecule has 0 aromatic heterocycles. The van der Waals surface area contributed by atoms with E-state index in [0.29, 0.717) is 0 Å². The van der Waals surface area contributed by atoms with Gasteiger partial charge in [0.15, 0.2) is 0 Å². The van der Waals surface area contributed by atoms with Gasteiger partial charge in [0.2, 0.25) is 0 Å². The van der Waals surface area contributed by atoms with Crippen LogP contribution in [0.3, 0.4) is 0 Å². The van der Waals surface area contributed by atoms with Crippen LogP contribution >= 0.6 is 0 Å². The van der Waals surface area contributed by atoms with Crippen molar-refractivity contribution in [2.24, 2.45) is 10.2 Å². The highest BCUT2D eigenvalue weighted by molar-refractivity contribution is 7.86. The molecule has 1 atom stereocenters. The molecule has 0 amide bonds. The fourth-order valence-electron chi connectivity index (χ4n) is 2.02. The fraction of sp³-hybridized carbons (Fsp3) is 0.231. The van der Waals surface area contributed by atoms with E-state index in [1.54, 1.807) is 0 Å². The zero-order valence-electron chi connectivity index (χ0n) is 12.9. The summed E-state index contributed by atoms with van der Waals surface area (Å²) in [7, 11) is -8.93. The first-order valence-electron chi connectivity index (χ1n) is 6.77. The second-order valence-electron chi connectivity index (χ2n) is 5.27. The molecule has 0 bridgehead atoms. The van der Waals surface area contributed by atoms with Crippen LogP contribution in [0.4, 0.5) is 11.4 Å². The number of azo groups is 1. The highest BCUT2D eigenvalue weighted by Gasteiger charge is 2.20. The number of phenols is 1. The number of nitrogen functional groups attached to an aromatic ring is 1.